The van der Waals surface area contributed by atoms with E-state index in [0.29, 0.717) is 6.61 Å². The van der Waals surface area contributed by atoms with E-state index >= 15 is 0 Å². The Hall–Kier alpha value is -3.58. The third-order valence-electron chi connectivity index (χ3n) is 6.59. The van der Waals surface area contributed by atoms with Gasteiger partial charge in [0.2, 0.25) is 0 Å². The van der Waals surface area contributed by atoms with Gasteiger partial charge in [-0.1, -0.05) is 6.07 Å². The van der Waals surface area contributed by atoms with Gasteiger partial charge in [0.1, 0.15) is 0 Å². The first-order valence-electron chi connectivity index (χ1n) is 12.4. The predicted octanol–water partition coefficient (Wildman–Crippen LogP) is 7.05. The molecule has 0 bridgehead atoms. The molecular weight excluding hydrogens is 495 g/mol. The van der Waals surface area contributed by atoms with Crippen LogP contribution >= 0.6 is 17.9 Å². The summed E-state index contributed by atoms with van der Waals surface area (Å²) in [4.78, 5) is 0. The molecule has 0 aromatic heterocycles. The Morgan fingerprint density at radius 2 is 1.16 bits per heavy atom. The summed E-state index contributed by atoms with van der Waals surface area (Å²) in [7, 11) is 1.68. The molecule has 37 heavy (non-hydrogen) atoms. The Balaban J connectivity index is 1.48. The van der Waals surface area contributed by atoms with Crippen LogP contribution in [0.3, 0.4) is 0 Å². The molecule has 0 heterocycles. The molecule has 0 spiro atoms. The molecule has 0 saturated heterocycles. The molecule has 5 aromatic carbocycles. The zero-order chi connectivity index (χ0) is 25.5. The van der Waals surface area contributed by atoms with Crippen LogP contribution in [0.1, 0.15) is 16.7 Å². The van der Waals surface area contributed by atoms with Gasteiger partial charge in [-0.25, -0.2) is 0 Å². The average molecular weight is 525 g/mol. The number of hydrogen-bond acceptors (Lipinski definition) is 2. The summed E-state index contributed by atoms with van der Waals surface area (Å²) in [5.74, 6) is 1.46. The topological polar surface area (TPSA) is 18.5 Å². The van der Waals surface area contributed by atoms with Crippen LogP contribution in [-0.4, -0.2) is 7.11 Å². The van der Waals surface area contributed by atoms with E-state index in [1.165, 1.54) is 21.5 Å². The van der Waals surface area contributed by atoms with Gasteiger partial charge in [0.15, 0.2) is 0 Å². The molecule has 186 valence electrons. The van der Waals surface area contributed by atoms with E-state index in [4.69, 9.17) is 20.7 Å². The molecule has 0 atom stereocenters. The van der Waals surface area contributed by atoms with Crippen LogP contribution in [0.5, 0.6) is 11.5 Å². The summed E-state index contributed by atoms with van der Waals surface area (Å²) in [6.45, 7) is -2.25. The van der Waals surface area contributed by atoms with E-state index in [1.54, 1.807) is 7.11 Å². The van der Waals surface area contributed by atoms with Gasteiger partial charge in [-0.3, -0.25) is 0 Å². The van der Waals surface area contributed by atoms with E-state index in [1.807, 2.05) is 36.4 Å². The van der Waals surface area contributed by atoms with E-state index in [0.717, 1.165) is 29.0 Å². The van der Waals surface area contributed by atoms with Crippen molar-refractivity contribution in [2.75, 3.05) is 7.11 Å². The van der Waals surface area contributed by atoms with E-state index in [2.05, 4.69) is 97.1 Å². The van der Waals surface area contributed by atoms with Crippen LogP contribution in [0.4, 0.5) is 0 Å². The number of hydrogen-bond donors (Lipinski definition) is 0. The standard InChI is InChI=1S/C33H30ClO2P/c1-35-32-24-27(21-22-31(32)36-25-26-13-5-2-6-14-26)23-28-15-11-12-20-33(28)37(34,29-16-7-3-8-17-29)30-18-9-4-10-19-30/h2-22,24,37H,23,25H2,1H3. The average Bonchev–Trinajstić information content (AvgIpc) is 2.97. The van der Waals surface area contributed by atoms with Gasteiger partial charge in [-0.2, -0.15) is 0 Å². The van der Waals surface area contributed by atoms with Crippen molar-refractivity contribution in [3.63, 3.8) is 0 Å². The monoisotopic (exact) mass is 524 g/mol. The number of benzene rings is 5. The minimum absolute atomic E-state index is 0.494. The van der Waals surface area contributed by atoms with Crippen LogP contribution in [0, 0.1) is 0 Å². The Bertz CT molecular complexity index is 1400. The zero-order valence-corrected chi connectivity index (χ0v) is 22.6. The first-order valence-corrected chi connectivity index (χ1v) is 15.4. The second-order valence-corrected chi connectivity index (χ2v) is 13.7. The zero-order valence-electron chi connectivity index (χ0n) is 20.8. The van der Waals surface area contributed by atoms with Gasteiger partial charge in [0, 0.05) is 0 Å². The molecule has 0 saturated carbocycles. The third kappa shape index (κ3) is 5.57. The SMILES string of the molecule is COc1cc(Cc2ccccc2[PH](Cl)(c2ccccc2)c2ccccc2)ccc1OCc1ccccc1. The Morgan fingerprint density at radius 1 is 0.595 bits per heavy atom. The summed E-state index contributed by atoms with van der Waals surface area (Å²) in [6.07, 6.45) is 0.743. The molecule has 0 fully saturated rings. The maximum atomic E-state index is 7.76. The van der Waals surface area contributed by atoms with Gasteiger partial charge in [0.25, 0.3) is 0 Å². The van der Waals surface area contributed by atoms with Crippen LogP contribution in [0.2, 0.25) is 0 Å². The van der Waals surface area contributed by atoms with Crippen LogP contribution in [0.25, 0.3) is 0 Å². The molecule has 2 nitrogen and oxygen atoms in total. The summed E-state index contributed by atoms with van der Waals surface area (Å²) in [5.41, 5.74) is 3.48. The van der Waals surface area contributed by atoms with Crippen LogP contribution < -0.4 is 25.4 Å². The normalized spacial score (nSPS) is 11.6. The number of halogens is 1. The van der Waals surface area contributed by atoms with Crippen molar-refractivity contribution in [1.29, 1.82) is 0 Å². The number of methoxy groups -OCH3 is 1. The van der Waals surface area contributed by atoms with Crippen molar-refractivity contribution in [3.05, 3.63) is 150 Å². The van der Waals surface area contributed by atoms with Crippen LogP contribution in [-0.2, 0) is 13.0 Å². The van der Waals surface area contributed by atoms with E-state index in [-0.39, 0.29) is 0 Å². The molecule has 0 radical (unpaired) electrons. The summed E-state index contributed by atoms with van der Waals surface area (Å²) in [6, 6.07) is 45.9. The fraction of sp³-hybridized carbons (Fsp3) is 0.0909. The molecule has 0 N–H and O–H groups in total. The minimum atomic E-state index is -2.74. The quantitative estimate of drug-likeness (QED) is 0.192. The molecule has 0 unspecified atom stereocenters. The van der Waals surface area contributed by atoms with Crippen molar-refractivity contribution in [1.82, 2.24) is 0 Å². The molecule has 0 aliphatic rings. The fourth-order valence-corrected chi connectivity index (χ4v) is 9.23. The molecule has 5 aromatic rings. The Morgan fingerprint density at radius 3 is 1.78 bits per heavy atom. The van der Waals surface area contributed by atoms with Gasteiger partial charge in [0.05, 0.1) is 0 Å². The van der Waals surface area contributed by atoms with Gasteiger partial charge in [-0.15, -0.1) is 0 Å². The Kier molecular flexibility index (Phi) is 7.90. The maximum absolute atomic E-state index is 7.76. The molecule has 4 heteroatoms. The molecule has 0 aliphatic carbocycles. The first kappa shape index (κ1) is 25.1. The molecule has 0 aliphatic heterocycles. The molecular formula is C33H30ClO2P. The second-order valence-electron chi connectivity index (χ2n) is 8.98. The third-order valence-corrected chi connectivity index (χ3v) is 12.0. The fourth-order valence-electron chi connectivity index (χ4n) is 4.72. The van der Waals surface area contributed by atoms with Crippen LogP contribution in [0.15, 0.2) is 133 Å². The Labute approximate surface area is 224 Å². The van der Waals surface area contributed by atoms with Gasteiger partial charge in [-0.05, 0) is 0 Å². The first-order chi connectivity index (χ1) is 18.2. The molecule has 5 rings (SSSR count). The van der Waals surface area contributed by atoms with Crippen molar-refractivity contribution in [2.24, 2.45) is 0 Å². The van der Waals surface area contributed by atoms with E-state index < -0.39 is 6.62 Å². The molecule has 0 amide bonds. The summed E-state index contributed by atoms with van der Waals surface area (Å²) < 4.78 is 11.8. The van der Waals surface area contributed by atoms with E-state index in [9.17, 15) is 0 Å². The summed E-state index contributed by atoms with van der Waals surface area (Å²) >= 11 is 7.76. The van der Waals surface area contributed by atoms with Crippen molar-refractivity contribution in [3.8, 4) is 11.5 Å². The number of ether oxygens (including phenoxy) is 2. The van der Waals surface area contributed by atoms with Crippen molar-refractivity contribution < 1.29 is 9.47 Å². The van der Waals surface area contributed by atoms with Crippen molar-refractivity contribution in [2.45, 2.75) is 13.0 Å². The summed E-state index contributed by atoms with van der Waals surface area (Å²) in [5, 5.41) is 3.56. The predicted molar refractivity (Wildman–Crippen MR) is 159 cm³/mol. The second kappa shape index (κ2) is 11.6. The number of rotatable bonds is 9. The van der Waals surface area contributed by atoms with Gasteiger partial charge >= 0.3 is 219 Å². The van der Waals surface area contributed by atoms with Gasteiger partial charge < -0.3 is 0 Å². The van der Waals surface area contributed by atoms with Crippen molar-refractivity contribution >= 4 is 33.8 Å².